The molecule has 1 aromatic rings. The second-order valence-electron chi connectivity index (χ2n) is 7.84. The molecule has 0 bridgehead atoms. The Morgan fingerprint density at radius 3 is 2.96 bits per heavy atom. The molecule has 3 rings (SSSR count). The van der Waals surface area contributed by atoms with Gasteiger partial charge in [0.05, 0.1) is 0 Å². The molecule has 2 heterocycles. The summed E-state index contributed by atoms with van der Waals surface area (Å²) in [5, 5.41) is 3.60. The lowest BCUT2D eigenvalue weighted by molar-refractivity contribution is 0.0288. The van der Waals surface area contributed by atoms with E-state index in [2.05, 4.69) is 5.32 Å². The highest BCUT2D eigenvalue weighted by molar-refractivity contribution is 7.99. The summed E-state index contributed by atoms with van der Waals surface area (Å²) in [7, 11) is 0. The van der Waals surface area contributed by atoms with Gasteiger partial charge in [0.15, 0.2) is 0 Å². The molecule has 1 fully saturated rings. The first-order valence-electron chi connectivity index (χ1n) is 8.96. The Bertz CT molecular complexity index is 632. The first-order chi connectivity index (χ1) is 11.8. The number of nitrogens with zero attached hydrogens (tertiary/aromatic N) is 1. The van der Waals surface area contributed by atoms with Crippen LogP contribution in [0.25, 0.3) is 0 Å². The topological polar surface area (TPSA) is 41.6 Å². The van der Waals surface area contributed by atoms with Crippen LogP contribution in [-0.2, 0) is 4.74 Å². The zero-order valence-electron chi connectivity index (χ0n) is 15.2. The maximum atomic E-state index is 14.0. The maximum absolute atomic E-state index is 14.0. The number of fused-ring (bicyclic) bond motifs is 1. The molecule has 1 aromatic carbocycles. The quantitative estimate of drug-likeness (QED) is 0.870. The lowest BCUT2D eigenvalue weighted by atomic mass is 10.0. The number of amides is 1. The predicted molar refractivity (Wildman–Crippen MR) is 98.4 cm³/mol. The number of carbonyl (C=O) groups excluding carboxylic acids is 1. The first-order valence-corrected chi connectivity index (χ1v) is 9.94. The molecule has 4 nitrogen and oxygen atoms in total. The van der Waals surface area contributed by atoms with Crippen molar-refractivity contribution in [3.63, 3.8) is 0 Å². The molecule has 2 aliphatic heterocycles. The molecule has 0 aliphatic carbocycles. The van der Waals surface area contributed by atoms with E-state index in [1.54, 1.807) is 22.7 Å². The minimum absolute atomic E-state index is 0.119. The molecule has 0 radical (unpaired) electrons. The van der Waals surface area contributed by atoms with E-state index in [4.69, 9.17) is 4.74 Å². The number of hydrogen-bond donors (Lipinski definition) is 1. The molecule has 6 heteroatoms. The van der Waals surface area contributed by atoms with Gasteiger partial charge in [-0.05, 0) is 56.9 Å². The highest BCUT2D eigenvalue weighted by atomic mass is 32.2. The van der Waals surface area contributed by atoms with Crippen LogP contribution in [0.5, 0.6) is 0 Å². The van der Waals surface area contributed by atoms with Gasteiger partial charge in [-0.1, -0.05) is 12.1 Å². The molecule has 2 atom stereocenters. The third kappa shape index (κ3) is 4.67. The molecule has 25 heavy (non-hydrogen) atoms. The Kier molecular flexibility index (Phi) is 5.58. The van der Waals surface area contributed by atoms with Crippen molar-refractivity contribution < 1.29 is 13.9 Å². The number of nitrogens with one attached hydrogen (secondary N) is 1. The lowest BCUT2D eigenvalue weighted by Gasteiger charge is -2.27. The first kappa shape index (κ1) is 18.5. The van der Waals surface area contributed by atoms with Gasteiger partial charge in [0.1, 0.15) is 11.4 Å². The van der Waals surface area contributed by atoms with Crippen molar-refractivity contribution in [1.82, 2.24) is 10.2 Å². The number of rotatable bonds is 3. The van der Waals surface area contributed by atoms with Crippen LogP contribution in [0.1, 0.15) is 45.2 Å². The van der Waals surface area contributed by atoms with E-state index in [9.17, 15) is 9.18 Å². The number of halogens is 1. The van der Waals surface area contributed by atoms with Crippen LogP contribution < -0.4 is 5.32 Å². The highest BCUT2D eigenvalue weighted by Gasteiger charge is 2.30. The number of likely N-dealkylation sites (tertiary alicyclic amines) is 1. The fraction of sp³-hybridized carbons (Fsp3) is 0.632. The van der Waals surface area contributed by atoms with E-state index in [-0.39, 0.29) is 18.0 Å². The smallest absolute Gasteiger partial charge is 0.410 e. The number of thioether (sulfide) groups is 1. The van der Waals surface area contributed by atoms with Gasteiger partial charge in [-0.15, -0.1) is 11.8 Å². The Morgan fingerprint density at radius 2 is 2.20 bits per heavy atom. The normalized spacial score (nSPS) is 23.4. The zero-order valence-corrected chi connectivity index (χ0v) is 16.0. The molecule has 0 aromatic heterocycles. The van der Waals surface area contributed by atoms with Crippen molar-refractivity contribution >= 4 is 17.9 Å². The Balaban J connectivity index is 1.53. The Labute approximate surface area is 153 Å². The van der Waals surface area contributed by atoms with Crippen LogP contribution in [0.3, 0.4) is 0 Å². The van der Waals surface area contributed by atoms with E-state index in [1.807, 2.05) is 26.8 Å². The van der Waals surface area contributed by atoms with Crippen molar-refractivity contribution in [1.29, 1.82) is 0 Å². The fourth-order valence-corrected chi connectivity index (χ4v) is 4.54. The summed E-state index contributed by atoms with van der Waals surface area (Å²) in [6.45, 7) is 7.96. The molecule has 1 amide bonds. The largest absolute Gasteiger partial charge is 0.444 e. The van der Waals surface area contributed by atoms with Gasteiger partial charge in [-0.2, -0.15) is 0 Å². The second kappa shape index (κ2) is 7.54. The van der Waals surface area contributed by atoms with E-state index in [0.29, 0.717) is 5.92 Å². The Morgan fingerprint density at radius 1 is 1.40 bits per heavy atom. The molecule has 2 aliphatic rings. The van der Waals surface area contributed by atoms with Crippen LogP contribution in [0.2, 0.25) is 0 Å². The molecule has 138 valence electrons. The number of carbonyl (C=O) groups is 1. The number of hydrogen-bond acceptors (Lipinski definition) is 4. The lowest BCUT2D eigenvalue weighted by Crippen LogP contribution is -2.36. The summed E-state index contributed by atoms with van der Waals surface area (Å²) < 4.78 is 19.4. The van der Waals surface area contributed by atoms with E-state index < -0.39 is 5.60 Å². The van der Waals surface area contributed by atoms with Crippen molar-refractivity contribution in [3.05, 3.63) is 29.6 Å². The van der Waals surface area contributed by atoms with Gasteiger partial charge in [0, 0.05) is 30.6 Å². The molecule has 1 saturated heterocycles. The average molecular weight is 367 g/mol. The third-order valence-electron chi connectivity index (χ3n) is 4.62. The van der Waals surface area contributed by atoms with Gasteiger partial charge < -0.3 is 15.0 Å². The summed E-state index contributed by atoms with van der Waals surface area (Å²) in [5.41, 5.74) is 0.610. The van der Waals surface area contributed by atoms with Crippen LogP contribution in [0.15, 0.2) is 23.1 Å². The predicted octanol–water partition coefficient (Wildman–Crippen LogP) is 4.21. The standard InChI is InChI=1S/C19H27FN2O2S/c1-19(2,3)24-18(23)22-9-7-13(12-22)11-21-16-8-10-25-17-14(16)5-4-6-15(17)20/h4-6,13,16,21H,7-12H2,1-3H3. The monoisotopic (exact) mass is 366 g/mol. The summed E-state index contributed by atoms with van der Waals surface area (Å²) in [6, 6.07) is 5.53. The van der Waals surface area contributed by atoms with Crippen LogP contribution >= 0.6 is 11.8 Å². The molecular formula is C19H27FN2O2S. The van der Waals surface area contributed by atoms with Crippen molar-refractivity contribution in [2.45, 2.75) is 50.2 Å². The maximum Gasteiger partial charge on any atom is 0.410 e. The van der Waals surface area contributed by atoms with Crippen LogP contribution in [0, 0.1) is 11.7 Å². The minimum atomic E-state index is -0.457. The summed E-state index contributed by atoms with van der Waals surface area (Å²) in [6.07, 6.45) is 1.75. The number of ether oxygens (including phenoxy) is 1. The summed E-state index contributed by atoms with van der Waals surface area (Å²) >= 11 is 1.60. The molecule has 2 unspecified atom stereocenters. The minimum Gasteiger partial charge on any atom is -0.444 e. The molecular weight excluding hydrogens is 339 g/mol. The number of benzene rings is 1. The molecule has 1 N–H and O–H groups in total. The van der Waals surface area contributed by atoms with Crippen molar-refractivity contribution in [3.8, 4) is 0 Å². The second-order valence-corrected chi connectivity index (χ2v) is 8.94. The van der Waals surface area contributed by atoms with Gasteiger partial charge in [0.2, 0.25) is 0 Å². The van der Waals surface area contributed by atoms with Crippen LogP contribution in [-0.4, -0.2) is 42.0 Å². The van der Waals surface area contributed by atoms with E-state index >= 15 is 0 Å². The van der Waals surface area contributed by atoms with Crippen molar-refractivity contribution in [2.24, 2.45) is 5.92 Å². The average Bonchev–Trinajstić information content (AvgIpc) is 3.01. The SMILES string of the molecule is CC(C)(C)OC(=O)N1CCC(CNC2CCSc3c(F)cccc32)C1. The Hall–Kier alpha value is -1.27. The van der Waals surface area contributed by atoms with Gasteiger partial charge in [-0.3, -0.25) is 0 Å². The van der Waals surface area contributed by atoms with Gasteiger partial charge >= 0.3 is 6.09 Å². The molecule has 0 spiro atoms. The summed E-state index contributed by atoms with van der Waals surface area (Å²) in [5.74, 6) is 1.23. The third-order valence-corrected chi connectivity index (χ3v) is 5.78. The highest BCUT2D eigenvalue weighted by Crippen LogP contribution is 2.37. The fourth-order valence-electron chi connectivity index (χ4n) is 3.40. The summed E-state index contributed by atoms with van der Waals surface area (Å²) in [4.78, 5) is 14.7. The van der Waals surface area contributed by atoms with Gasteiger partial charge in [-0.25, -0.2) is 9.18 Å². The van der Waals surface area contributed by atoms with E-state index in [1.165, 1.54) is 6.07 Å². The molecule has 0 saturated carbocycles. The zero-order chi connectivity index (χ0) is 18.0. The van der Waals surface area contributed by atoms with Gasteiger partial charge in [0.25, 0.3) is 0 Å². The van der Waals surface area contributed by atoms with E-state index in [0.717, 1.165) is 48.7 Å². The van der Waals surface area contributed by atoms with Crippen LogP contribution in [0.4, 0.5) is 9.18 Å². The van der Waals surface area contributed by atoms with Crippen molar-refractivity contribution in [2.75, 3.05) is 25.4 Å².